The van der Waals surface area contributed by atoms with Gasteiger partial charge in [0.05, 0.1) is 17.1 Å². The second-order valence-electron chi connectivity index (χ2n) is 7.87. The van der Waals surface area contributed by atoms with E-state index in [0.29, 0.717) is 23.0 Å². The molecule has 4 nitrogen and oxygen atoms in total. The lowest BCUT2D eigenvalue weighted by atomic mass is 10.1. The molecule has 0 spiro atoms. The van der Waals surface area contributed by atoms with Crippen LogP contribution in [0.25, 0.3) is 10.8 Å². The highest BCUT2D eigenvalue weighted by molar-refractivity contribution is 7.97. The van der Waals surface area contributed by atoms with Crippen molar-refractivity contribution < 1.29 is 30.9 Å². The topological polar surface area (TPSA) is 66.4 Å². The highest BCUT2D eigenvalue weighted by Gasteiger charge is 2.34. The largest absolute Gasteiger partial charge is 0.744 e. The van der Waals surface area contributed by atoms with Gasteiger partial charge in [-0.2, -0.15) is 13.2 Å². The second-order valence-corrected chi connectivity index (χ2v) is 11.5. The summed E-state index contributed by atoms with van der Waals surface area (Å²) in [6, 6.07) is 16.5. The summed E-state index contributed by atoms with van der Waals surface area (Å²) in [6.07, 6.45) is 0.256. The number of rotatable bonds is 6. The second kappa shape index (κ2) is 11.5. The fourth-order valence-corrected chi connectivity index (χ4v) is 6.94. The summed E-state index contributed by atoms with van der Waals surface area (Å²) in [7, 11) is -4.62. The van der Waals surface area contributed by atoms with Gasteiger partial charge < -0.3 is 9.29 Å². The zero-order chi connectivity index (χ0) is 24.8. The van der Waals surface area contributed by atoms with Gasteiger partial charge in [0.2, 0.25) is 0 Å². The van der Waals surface area contributed by atoms with Gasteiger partial charge in [-0.25, -0.2) is 8.42 Å². The van der Waals surface area contributed by atoms with Crippen LogP contribution in [0.1, 0.15) is 38.2 Å². The lowest BCUT2D eigenvalue weighted by molar-refractivity contribution is -0.140. The van der Waals surface area contributed by atoms with E-state index in [0.717, 1.165) is 30.9 Å². The lowest BCUT2D eigenvalue weighted by Crippen LogP contribution is -2.12. The molecular weight excluding hydrogens is 485 g/mol. The standard InChI is InChI=1S/C18H23OS.C7H5F3O3S/c1-2-3-12-19-17-10-11-18(20-13-6-7-14-20)16-9-5-4-8-15(16)17;8-7(9,10)5-3-1-2-4-6(5)14(11,12)13/h4-5,8-11H,2-3,6-7,12-14H2,1H3;1-4H,(H,11,12,13)/q+1;/p-1. The molecule has 0 unspecified atom stereocenters. The Bertz CT molecular complexity index is 1200. The zero-order valence-electron chi connectivity index (χ0n) is 18.8. The van der Waals surface area contributed by atoms with Crippen LogP contribution < -0.4 is 4.74 Å². The van der Waals surface area contributed by atoms with E-state index in [9.17, 15) is 26.1 Å². The molecule has 0 saturated carbocycles. The molecule has 3 aromatic carbocycles. The number of fused-ring (bicyclic) bond motifs is 1. The summed E-state index contributed by atoms with van der Waals surface area (Å²) in [6.45, 7) is 3.03. The van der Waals surface area contributed by atoms with Crippen LogP contribution in [0.3, 0.4) is 0 Å². The maximum atomic E-state index is 12.2. The van der Waals surface area contributed by atoms with Gasteiger partial charge in [-0.1, -0.05) is 43.7 Å². The maximum absolute atomic E-state index is 12.2. The van der Waals surface area contributed by atoms with Crippen LogP contribution in [-0.2, 0) is 27.2 Å². The van der Waals surface area contributed by atoms with Gasteiger partial charge in [-0.15, -0.1) is 0 Å². The third-order valence-corrected chi connectivity index (χ3v) is 8.84. The Kier molecular flexibility index (Phi) is 8.89. The predicted molar refractivity (Wildman–Crippen MR) is 128 cm³/mol. The first-order chi connectivity index (χ1) is 16.1. The number of hydrogen-bond acceptors (Lipinski definition) is 4. The minimum Gasteiger partial charge on any atom is -0.744 e. The number of ether oxygens (including phenoxy) is 1. The third kappa shape index (κ3) is 6.67. The van der Waals surface area contributed by atoms with Crippen LogP contribution in [0, 0.1) is 0 Å². The number of halogens is 3. The molecule has 0 aliphatic carbocycles. The van der Waals surface area contributed by atoms with Crippen LogP contribution in [0.2, 0.25) is 0 Å². The normalized spacial score (nSPS) is 14.6. The number of hydrogen-bond donors (Lipinski definition) is 0. The van der Waals surface area contributed by atoms with E-state index >= 15 is 0 Å². The van der Waals surface area contributed by atoms with E-state index < -0.39 is 26.8 Å². The number of alkyl halides is 3. The molecule has 0 amide bonds. The molecule has 0 bridgehead atoms. The zero-order valence-corrected chi connectivity index (χ0v) is 20.4. The van der Waals surface area contributed by atoms with Gasteiger partial charge in [0.15, 0.2) is 4.90 Å². The first-order valence-electron chi connectivity index (χ1n) is 11.1. The Balaban J connectivity index is 0.000000204. The van der Waals surface area contributed by atoms with Gasteiger partial charge in [0.25, 0.3) is 0 Å². The molecular formula is C25H27F3O4S2. The lowest BCUT2D eigenvalue weighted by Gasteiger charge is -2.14. The van der Waals surface area contributed by atoms with Crippen LogP contribution >= 0.6 is 0 Å². The Morgan fingerprint density at radius 2 is 1.56 bits per heavy atom. The summed E-state index contributed by atoms with van der Waals surface area (Å²) in [5.74, 6) is 3.81. The molecule has 1 heterocycles. The van der Waals surface area contributed by atoms with E-state index in [1.54, 1.807) is 4.90 Å². The molecule has 0 radical (unpaired) electrons. The first kappa shape index (κ1) is 26.4. The Hall–Kier alpha value is -2.23. The van der Waals surface area contributed by atoms with Gasteiger partial charge in [0.1, 0.15) is 27.4 Å². The van der Waals surface area contributed by atoms with E-state index in [-0.39, 0.29) is 0 Å². The molecule has 1 saturated heterocycles. The van der Waals surface area contributed by atoms with Crippen molar-refractivity contribution in [3.63, 3.8) is 0 Å². The summed E-state index contributed by atoms with van der Waals surface area (Å²) < 4.78 is 73.8. The van der Waals surface area contributed by atoms with Crippen molar-refractivity contribution in [3.8, 4) is 5.75 Å². The summed E-state index contributed by atoms with van der Waals surface area (Å²) in [5, 5.41) is 2.70. The Morgan fingerprint density at radius 1 is 0.941 bits per heavy atom. The quantitative estimate of drug-likeness (QED) is 0.218. The monoisotopic (exact) mass is 512 g/mol. The molecule has 34 heavy (non-hydrogen) atoms. The Morgan fingerprint density at radius 3 is 2.15 bits per heavy atom. The first-order valence-corrected chi connectivity index (χ1v) is 14.0. The van der Waals surface area contributed by atoms with E-state index in [1.807, 2.05) is 0 Å². The molecule has 4 rings (SSSR count). The summed E-state index contributed by atoms with van der Waals surface area (Å²) in [5.41, 5.74) is -1.44. The predicted octanol–water partition coefficient (Wildman–Crippen LogP) is 6.40. The fraction of sp³-hybridized carbons (Fsp3) is 0.360. The molecule has 1 aliphatic heterocycles. The fourth-order valence-electron chi connectivity index (χ4n) is 3.74. The molecule has 0 atom stereocenters. The smallest absolute Gasteiger partial charge is 0.417 e. The third-order valence-electron chi connectivity index (χ3n) is 5.40. The van der Waals surface area contributed by atoms with Gasteiger partial charge in [0, 0.05) is 21.7 Å². The minimum absolute atomic E-state index is 0.464. The number of benzene rings is 3. The van der Waals surface area contributed by atoms with Crippen LogP contribution in [0.15, 0.2) is 70.5 Å². The van der Waals surface area contributed by atoms with E-state index in [1.165, 1.54) is 41.5 Å². The average Bonchev–Trinajstić information content (AvgIpc) is 3.33. The molecule has 184 valence electrons. The van der Waals surface area contributed by atoms with Gasteiger partial charge >= 0.3 is 6.18 Å². The van der Waals surface area contributed by atoms with Crippen molar-refractivity contribution in [2.75, 3.05) is 18.1 Å². The van der Waals surface area contributed by atoms with E-state index in [4.69, 9.17) is 4.74 Å². The highest BCUT2D eigenvalue weighted by atomic mass is 32.2. The number of unbranched alkanes of at least 4 members (excludes halogenated alkanes) is 1. The summed E-state index contributed by atoms with van der Waals surface area (Å²) >= 11 is 0. The van der Waals surface area contributed by atoms with Crippen LogP contribution in [0.4, 0.5) is 13.2 Å². The Labute approximate surface area is 201 Å². The minimum atomic E-state index is -5.09. The molecule has 9 heteroatoms. The molecule has 1 fully saturated rings. The van der Waals surface area contributed by atoms with Crippen molar-refractivity contribution in [1.29, 1.82) is 0 Å². The molecule has 0 aromatic heterocycles. The molecule has 3 aromatic rings. The van der Waals surface area contributed by atoms with Gasteiger partial charge in [-0.3, -0.25) is 0 Å². The molecule has 1 aliphatic rings. The van der Waals surface area contributed by atoms with Crippen LogP contribution in [-0.4, -0.2) is 31.1 Å². The van der Waals surface area contributed by atoms with Crippen molar-refractivity contribution >= 4 is 31.8 Å². The van der Waals surface area contributed by atoms with Gasteiger partial charge in [-0.05, 0) is 49.6 Å². The van der Waals surface area contributed by atoms with Crippen molar-refractivity contribution in [2.45, 2.75) is 48.6 Å². The average molecular weight is 513 g/mol. The highest BCUT2D eigenvalue weighted by Crippen LogP contribution is 2.35. The van der Waals surface area contributed by atoms with Crippen molar-refractivity contribution in [1.82, 2.24) is 0 Å². The summed E-state index contributed by atoms with van der Waals surface area (Å²) in [4.78, 5) is 0.313. The van der Waals surface area contributed by atoms with E-state index in [2.05, 4.69) is 43.3 Å². The maximum Gasteiger partial charge on any atom is 0.417 e. The SMILES string of the molecule is CCCCOc1ccc([S+]2CCCC2)c2ccccc12.O=S(=O)([O-])c1ccccc1C(F)(F)F. The van der Waals surface area contributed by atoms with Crippen LogP contribution in [0.5, 0.6) is 5.75 Å². The van der Waals surface area contributed by atoms with Crippen molar-refractivity contribution in [3.05, 3.63) is 66.2 Å². The molecule has 0 N–H and O–H groups in total. The van der Waals surface area contributed by atoms with Crippen molar-refractivity contribution in [2.24, 2.45) is 0 Å².